The van der Waals surface area contributed by atoms with Gasteiger partial charge in [0.1, 0.15) is 11.2 Å². The molecule has 0 bridgehead atoms. The highest BCUT2D eigenvalue weighted by Gasteiger charge is 2.11. The van der Waals surface area contributed by atoms with Crippen LogP contribution in [0.15, 0.2) is 65.8 Å². The number of hydroxylamine groups is 2. The molecule has 144 valence electrons. The fourth-order valence-electron chi connectivity index (χ4n) is 2.78. The smallest absolute Gasteiger partial charge is 0.270 e. The van der Waals surface area contributed by atoms with Gasteiger partial charge in [0.2, 0.25) is 0 Å². The number of hydrogen-bond donors (Lipinski definition) is 2. The third-order valence-electron chi connectivity index (χ3n) is 4.21. The molecule has 0 atom stereocenters. The average Bonchev–Trinajstić information content (AvgIpc) is 3.04. The molecule has 0 fully saturated rings. The summed E-state index contributed by atoms with van der Waals surface area (Å²) in [5.41, 5.74) is 2.55. The molecule has 1 aromatic carbocycles. The van der Waals surface area contributed by atoms with E-state index in [2.05, 4.69) is 9.98 Å². The fourth-order valence-corrected chi connectivity index (χ4v) is 2.78. The van der Waals surface area contributed by atoms with Crippen molar-refractivity contribution in [2.75, 3.05) is 0 Å². The Morgan fingerprint density at radius 3 is 2.52 bits per heavy atom. The summed E-state index contributed by atoms with van der Waals surface area (Å²) >= 11 is 0. The van der Waals surface area contributed by atoms with Crippen LogP contribution in [0.25, 0.3) is 23.9 Å². The van der Waals surface area contributed by atoms with Crippen molar-refractivity contribution in [3.8, 4) is 0 Å². The summed E-state index contributed by atoms with van der Waals surface area (Å²) in [5.74, 6) is -0.797. The summed E-state index contributed by atoms with van der Waals surface area (Å²) in [5, 5.41) is 21.0. The lowest BCUT2D eigenvalue weighted by molar-refractivity contribution is -0.113. The largest absolute Gasteiger partial charge is 0.426 e. The maximum Gasteiger partial charge on any atom is 0.270 e. The SMILES string of the molecule is O=C(/C=C/c1ccc(F)cc1)N=C1C=CC(=c2nc3c(n2O)=CN(O)C=C3)C=C1. The van der Waals surface area contributed by atoms with Gasteiger partial charge in [0, 0.05) is 17.8 Å². The highest BCUT2D eigenvalue weighted by Crippen LogP contribution is 2.08. The number of amides is 1. The van der Waals surface area contributed by atoms with Crippen molar-refractivity contribution in [2.45, 2.75) is 0 Å². The first kappa shape index (κ1) is 18.3. The van der Waals surface area contributed by atoms with E-state index in [0.717, 1.165) is 9.79 Å². The average molecular weight is 390 g/mol. The molecule has 2 aromatic rings. The maximum absolute atomic E-state index is 12.9. The maximum atomic E-state index is 12.9. The lowest BCUT2D eigenvalue weighted by Gasteiger charge is -2.07. The molecule has 2 heterocycles. The molecular formula is C21H15FN4O3. The monoisotopic (exact) mass is 390 g/mol. The van der Waals surface area contributed by atoms with Crippen LogP contribution in [-0.2, 0) is 4.79 Å². The van der Waals surface area contributed by atoms with Crippen molar-refractivity contribution in [1.29, 1.82) is 0 Å². The van der Waals surface area contributed by atoms with E-state index in [1.54, 1.807) is 48.6 Å². The Kier molecular flexibility index (Phi) is 4.76. The van der Waals surface area contributed by atoms with Crippen molar-refractivity contribution < 1.29 is 19.6 Å². The molecule has 1 amide bonds. The van der Waals surface area contributed by atoms with Crippen LogP contribution < -0.4 is 10.8 Å². The molecule has 1 aliphatic heterocycles. The quantitative estimate of drug-likeness (QED) is 0.601. The molecular weight excluding hydrogens is 375 g/mol. The highest BCUT2D eigenvalue weighted by atomic mass is 19.1. The lowest BCUT2D eigenvalue weighted by atomic mass is 10.1. The summed E-state index contributed by atoms with van der Waals surface area (Å²) in [6.45, 7) is 0. The van der Waals surface area contributed by atoms with Gasteiger partial charge in [0.15, 0.2) is 5.48 Å². The predicted molar refractivity (Wildman–Crippen MR) is 105 cm³/mol. The van der Waals surface area contributed by atoms with E-state index >= 15 is 0 Å². The van der Waals surface area contributed by atoms with Crippen molar-refractivity contribution in [2.24, 2.45) is 4.99 Å². The van der Waals surface area contributed by atoms with E-state index in [4.69, 9.17) is 0 Å². The number of carbonyl (C=O) groups is 1. The van der Waals surface area contributed by atoms with Gasteiger partial charge in [-0.25, -0.2) is 19.4 Å². The number of allylic oxidation sites excluding steroid dienone is 4. The number of benzene rings is 1. The predicted octanol–water partition coefficient (Wildman–Crippen LogP) is 1.63. The van der Waals surface area contributed by atoms with Crippen LogP contribution in [0.5, 0.6) is 0 Å². The van der Waals surface area contributed by atoms with Gasteiger partial charge < -0.3 is 5.21 Å². The van der Waals surface area contributed by atoms with Crippen molar-refractivity contribution >= 4 is 35.5 Å². The number of rotatable bonds is 2. The first-order chi connectivity index (χ1) is 14.0. The molecule has 0 radical (unpaired) electrons. The summed E-state index contributed by atoms with van der Waals surface area (Å²) in [4.78, 5) is 20.3. The second-order valence-corrected chi connectivity index (χ2v) is 6.22. The molecule has 2 N–H and O–H groups in total. The third kappa shape index (κ3) is 3.97. The topological polar surface area (TPSA) is 91.0 Å². The van der Waals surface area contributed by atoms with Crippen LogP contribution in [0.3, 0.4) is 0 Å². The van der Waals surface area contributed by atoms with E-state index in [1.165, 1.54) is 30.6 Å². The minimum Gasteiger partial charge on any atom is -0.426 e. The molecule has 1 aromatic heterocycles. The van der Waals surface area contributed by atoms with Gasteiger partial charge in [-0.15, -0.1) is 0 Å². The summed E-state index contributed by atoms with van der Waals surface area (Å²) in [6.07, 6.45) is 13.8. The number of aliphatic imine (C=N–C) groups is 1. The normalized spacial score (nSPS) is 15.0. The van der Waals surface area contributed by atoms with Crippen LogP contribution >= 0.6 is 0 Å². The summed E-state index contributed by atoms with van der Waals surface area (Å²) < 4.78 is 13.8. The van der Waals surface area contributed by atoms with Crippen LogP contribution in [0, 0.1) is 5.82 Å². The number of nitrogens with zero attached hydrogens (tertiary/aromatic N) is 4. The van der Waals surface area contributed by atoms with E-state index in [1.807, 2.05) is 0 Å². The van der Waals surface area contributed by atoms with Crippen LogP contribution in [0.2, 0.25) is 0 Å². The molecule has 0 spiro atoms. The zero-order chi connectivity index (χ0) is 20.4. The standard InChI is InChI=1S/C21H15FN4O3/c22-16-6-1-14(2-7-16)3-10-20(27)23-17-8-4-15(5-9-17)21-24-18-11-12-25(28)13-19(18)26(21)29/h1-13,28-29H/b10-3+,21-15?,23-17?. The molecule has 8 heteroatoms. The first-order valence-corrected chi connectivity index (χ1v) is 8.62. The molecule has 4 rings (SSSR count). The number of carbonyl (C=O) groups excluding carboxylic acids is 1. The van der Waals surface area contributed by atoms with Crippen molar-refractivity contribution in [1.82, 2.24) is 14.8 Å². The Morgan fingerprint density at radius 1 is 1.07 bits per heavy atom. The Hall–Kier alpha value is -4.04. The number of halogens is 1. The number of fused-ring (bicyclic) bond motifs is 1. The molecule has 0 saturated carbocycles. The number of hydrogen-bond acceptors (Lipinski definition) is 5. The van der Waals surface area contributed by atoms with Gasteiger partial charge in [-0.3, -0.25) is 10.0 Å². The van der Waals surface area contributed by atoms with Gasteiger partial charge in [0.05, 0.1) is 17.6 Å². The lowest BCUT2D eigenvalue weighted by Crippen LogP contribution is -2.29. The van der Waals surface area contributed by atoms with Crippen molar-refractivity contribution in [3.63, 3.8) is 0 Å². The fraction of sp³-hybridized carbons (Fsp3) is 0. The van der Waals surface area contributed by atoms with Gasteiger partial charge in [0.25, 0.3) is 5.91 Å². The van der Waals surface area contributed by atoms with E-state index in [9.17, 15) is 19.6 Å². The minimum atomic E-state index is -0.455. The van der Waals surface area contributed by atoms with Crippen LogP contribution in [0.1, 0.15) is 11.3 Å². The molecule has 7 nitrogen and oxygen atoms in total. The highest BCUT2D eigenvalue weighted by molar-refractivity contribution is 6.14. The molecule has 0 saturated heterocycles. The second kappa shape index (κ2) is 7.53. The van der Waals surface area contributed by atoms with Gasteiger partial charge >= 0.3 is 0 Å². The third-order valence-corrected chi connectivity index (χ3v) is 4.21. The molecule has 29 heavy (non-hydrogen) atoms. The second-order valence-electron chi connectivity index (χ2n) is 6.22. The van der Waals surface area contributed by atoms with Gasteiger partial charge in [-0.1, -0.05) is 12.1 Å². The van der Waals surface area contributed by atoms with Crippen molar-refractivity contribution in [3.05, 3.63) is 88.7 Å². The zero-order valence-electron chi connectivity index (χ0n) is 15.0. The van der Waals surface area contributed by atoms with E-state index in [-0.39, 0.29) is 5.82 Å². The van der Waals surface area contributed by atoms with Crippen LogP contribution in [0.4, 0.5) is 4.39 Å². The zero-order valence-corrected chi connectivity index (χ0v) is 15.0. The number of aromatic nitrogens is 2. The number of imidazole rings is 1. The van der Waals surface area contributed by atoms with Gasteiger partial charge in [-0.2, -0.15) is 4.73 Å². The summed E-state index contributed by atoms with van der Waals surface area (Å²) in [6, 6.07) is 5.75. The molecule has 0 unspecified atom stereocenters. The summed E-state index contributed by atoms with van der Waals surface area (Å²) in [7, 11) is 0. The molecule has 2 aliphatic rings. The first-order valence-electron chi connectivity index (χ1n) is 8.62. The van der Waals surface area contributed by atoms with E-state index < -0.39 is 5.91 Å². The Bertz CT molecular complexity index is 1230. The van der Waals surface area contributed by atoms with E-state index in [0.29, 0.717) is 33.4 Å². The molecule has 1 aliphatic carbocycles. The van der Waals surface area contributed by atoms with Gasteiger partial charge in [-0.05, 0) is 54.2 Å². The van der Waals surface area contributed by atoms with Crippen LogP contribution in [-0.4, -0.2) is 36.8 Å². The Balaban J connectivity index is 1.55. The Morgan fingerprint density at radius 2 is 1.79 bits per heavy atom. The minimum absolute atomic E-state index is 0.292. The Labute approximate surface area is 164 Å².